The summed E-state index contributed by atoms with van der Waals surface area (Å²) < 4.78 is 0. The van der Waals surface area contributed by atoms with Gasteiger partial charge in [-0.2, -0.15) is 0 Å². The normalized spacial score (nSPS) is 10.6. The van der Waals surface area contributed by atoms with Crippen molar-refractivity contribution in [2.75, 3.05) is 18.5 Å². The zero-order valence-corrected chi connectivity index (χ0v) is 9.75. The fourth-order valence-electron chi connectivity index (χ4n) is 1.45. The monoisotopic (exact) mass is 191 g/mol. The lowest BCUT2D eigenvalue weighted by atomic mass is 10.1. The van der Waals surface area contributed by atoms with Crippen LogP contribution in [0.5, 0.6) is 0 Å². The van der Waals surface area contributed by atoms with Gasteiger partial charge in [0.2, 0.25) is 0 Å². The SMILES string of the molecule is Cc1cccc(N(C)CCC(C)C)c1. The van der Waals surface area contributed by atoms with Gasteiger partial charge in [-0.15, -0.1) is 0 Å². The van der Waals surface area contributed by atoms with E-state index >= 15 is 0 Å². The first-order chi connectivity index (χ1) is 6.59. The Morgan fingerprint density at radius 3 is 2.57 bits per heavy atom. The minimum absolute atomic E-state index is 0.780. The van der Waals surface area contributed by atoms with Gasteiger partial charge in [-0.3, -0.25) is 0 Å². The molecule has 1 aromatic carbocycles. The van der Waals surface area contributed by atoms with E-state index in [0.717, 1.165) is 12.5 Å². The topological polar surface area (TPSA) is 3.24 Å². The molecule has 0 fully saturated rings. The van der Waals surface area contributed by atoms with E-state index in [2.05, 4.69) is 57.0 Å². The molecule has 0 atom stereocenters. The van der Waals surface area contributed by atoms with Crippen molar-refractivity contribution in [1.82, 2.24) is 0 Å². The summed E-state index contributed by atoms with van der Waals surface area (Å²) in [7, 11) is 2.16. The summed E-state index contributed by atoms with van der Waals surface area (Å²) in [6, 6.07) is 8.67. The van der Waals surface area contributed by atoms with Gasteiger partial charge in [-0.1, -0.05) is 26.0 Å². The van der Waals surface area contributed by atoms with Crippen molar-refractivity contribution in [2.24, 2.45) is 5.92 Å². The fourth-order valence-corrected chi connectivity index (χ4v) is 1.45. The Morgan fingerprint density at radius 1 is 1.29 bits per heavy atom. The molecular weight excluding hydrogens is 170 g/mol. The van der Waals surface area contributed by atoms with Crippen molar-refractivity contribution in [1.29, 1.82) is 0 Å². The van der Waals surface area contributed by atoms with Gasteiger partial charge in [0.05, 0.1) is 0 Å². The van der Waals surface area contributed by atoms with E-state index in [1.807, 2.05) is 0 Å². The van der Waals surface area contributed by atoms with E-state index in [1.54, 1.807) is 0 Å². The Labute approximate surface area is 87.7 Å². The molecule has 78 valence electrons. The van der Waals surface area contributed by atoms with Gasteiger partial charge in [0.1, 0.15) is 0 Å². The van der Waals surface area contributed by atoms with Crippen LogP contribution in [0.1, 0.15) is 25.8 Å². The van der Waals surface area contributed by atoms with E-state index in [9.17, 15) is 0 Å². The summed E-state index contributed by atoms with van der Waals surface area (Å²) in [6.45, 7) is 7.81. The first kappa shape index (κ1) is 11.1. The molecule has 1 aromatic rings. The lowest BCUT2D eigenvalue weighted by Gasteiger charge is -2.20. The van der Waals surface area contributed by atoms with Crippen molar-refractivity contribution in [2.45, 2.75) is 27.2 Å². The lowest BCUT2D eigenvalue weighted by Crippen LogP contribution is -2.19. The van der Waals surface area contributed by atoms with Crippen molar-refractivity contribution in [3.8, 4) is 0 Å². The molecule has 0 radical (unpaired) electrons. The first-order valence-corrected chi connectivity index (χ1v) is 5.37. The van der Waals surface area contributed by atoms with Gasteiger partial charge in [-0.25, -0.2) is 0 Å². The Bertz CT molecular complexity index is 278. The van der Waals surface area contributed by atoms with Crippen LogP contribution < -0.4 is 4.90 Å². The minimum Gasteiger partial charge on any atom is -0.375 e. The predicted molar refractivity (Wildman–Crippen MR) is 63.9 cm³/mol. The summed E-state index contributed by atoms with van der Waals surface area (Å²) in [5.74, 6) is 0.780. The number of hydrogen-bond acceptors (Lipinski definition) is 1. The van der Waals surface area contributed by atoms with Crippen molar-refractivity contribution >= 4 is 5.69 Å². The zero-order chi connectivity index (χ0) is 10.6. The highest BCUT2D eigenvalue weighted by atomic mass is 15.1. The zero-order valence-electron chi connectivity index (χ0n) is 9.75. The second kappa shape index (κ2) is 5.04. The van der Waals surface area contributed by atoms with Crippen LogP contribution in [0.3, 0.4) is 0 Å². The molecule has 0 spiro atoms. The van der Waals surface area contributed by atoms with Crippen LogP contribution in [-0.4, -0.2) is 13.6 Å². The third kappa shape index (κ3) is 3.41. The maximum absolute atomic E-state index is 2.33. The molecule has 0 N–H and O–H groups in total. The Kier molecular flexibility index (Phi) is 3.99. The Hall–Kier alpha value is -0.980. The van der Waals surface area contributed by atoms with Gasteiger partial charge >= 0.3 is 0 Å². The molecule has 1 rings (SSSR count). The van der Waals surface area contributed by atoms with Crippen LogP contribution in [0.15, 0.2) is 24.3 Å². The Balaban J connectivity index is 2.56. The predicted octanol–water partition coefficient (Wildman–Crippen LogP) is 3.48. The van der Waals surface area contributed by atoms with Crippen LogP contribution in [-0.2, 0) is 0 Å². The highest BCUT2D eigenvalue weighted by Crippen LogP contribution is 2.15. The third-order valence-electron chi connectivity index (χ3n) is 2.48. The van der Waals surface area contributed by atoms with Crippen LogP contribution >= 0.6 is 0 Å². The summed E-state index contributed by atoms with van der Waals surface area (Å²) in [5.41, 5.74) is 2.66. The van der Waals surface area contributed by atoms with E-state index in [4.69, 9.17) is 0 Å². The van der Waals surface area contributed by atoms with Crippen LogP contribution in [0.2, 0.25) is 0 Å². The molecule has 0 unspecified atom stereocenters. The average molecular weight is 191 g/mol. The molecule has 0 saturated heterocycles. The fraction of sp³-hybridized carbons (Fsp3) is 0.538. The van der Waals surface area contributed by atoms with E-state index in [1.165, 1.54) is 17.7 Å². The summed E-state index contributed by atoms with van der Waals surface area (Å²) in [6.07, 6.45) is 1.25. The van der Waals surface area contributed by atoms with Crippen molar-refractivity contribution in [3.05, 3.63) is 29.8 Å². The maximum atomic E-state index is 2.33. The molecule has 0 amide bonds. The van der Waals surface area contributed by atoms with E-state index in [-0.39, 0.29) is 0 Å². The van der Waals surface area contributed by atoms with E-state index in [0.29, 0.717) is 0 Å². The second-order valence-electron chi connectivity index (χ2n) is 4.44. The van der Waals surface area contributed by atoms with Gasteiger partial charge in [0, 0.05) is 19.3 Å². The molecule has 0 heterocycles. The molecular formula is C13H21N. The molecule has 14 heavy (non-hydrogen) atoms. The number of aryl methyl sites for hydroxylation is 1. The molecule has 0 aliphatic carbocycles. The summed E-state index contributed by atoms with van der Waals surface area (Å²) in [5, 5.41) is 0. The molecule has 1 nitrogen and oxygen atoms in total. The van der Waals surface area contributed by atoms with Gasteiger partial charge in [0.15, 0.2) is 0 Å². The molecule has 1 heteroatoms. The minimum atomic E-state index is 0.780. The number of anilines is 1. The van der Waals surface area contributed by atoms with Gasteiger partial charge in [-0.05, 0) is 37.0 Å². The second-order valence-corrected chi connectivity index (χ2v) is 4.44. The molecule has 0 bridgehead atoms. The van der Waals surface area contributed by atoms with Crippen molar-refractivity contribution < 1.29 is 0 Å². The van der Waals surface area contributed by atoms with Crippen LogP contribution in [0.4, 0.5) is 5.69 Å². The van der Waals surface area contributed by atoms with Gasteiger partial charge < -0.3 is 4.90 Å². The lowest BCUT2D eigenvalue weighted by molar-refractivity contribution is 0.585. The number of benzene rings is 1. The summed E-state index contributed by atoms with van der Waals surface area (Å²) >= 11 is 0. The highest BCUT2D eigenvalue weighted by Gasteiger charge is 2.01. The average Bonchev–Trinajstić information content (AvgIpc) is 2.14. The summed E-state index contributed by atoms with van der Waals surface area (Å²) in [4.78, 5) is 2.33. The first-order valence-electron chi connectivity index (χ1n) is 5.37. The highest BCUT2D eigenvalue weighted by molar-refractivity contribution is 5.47. The standard InChI is InChI=1S/C13H21N/c1-11(2)8-9-14(4)13-7-5-6-12(3)10-13/h5-7,10-11H,8-9H2,1-4H3. The number of rotatable bonds is 4. The van der Waals surface area contributed by atoms with Crippen LogP contribution in [0, 0.1) is 12.8 Å². The van der Waals surface area contributed by atoms with E-state index < -0.39 is 0 Å². The smallest absolute Gasteiger partial charge is 0.0366 e. The maximum Gasteiger partial charge on any atom is 0.0366 e. The van der Waals surface area contributed by atoms with Crippen molar-refractivity contribution in [3.63, 3.8) is 0 Å². The third-order valence-corrected chi connectivity index (χ3v) is 2.48. The molecule has 0 aliphatic rings. The van der Waals surface area contributed by atoms with Gasteiger partial charge in [0.25, 0.3) is 0 Å². The molecule has 0 aromatic heterocycles. The molecule has 0 aliphatic heterocycles. The van der Waals surface area contributed by atoms with Crippen LogP contribution in [0.25, 0.3) is 0 Å². The largest absolute Gasteiger partial charge is 0.375 e. The Morgan fingerprint density at radius 2 is 2.00 bits per heavy atom. The number of hydrogen-bond donors (Lipinski definition) is 0. The quantitative estimate of drug-likeness (QED) is 0.704. The number of nitrogens with zero attached hydrogens (tertiary/aromatic N) is 1. The molecule has 0 saturated carbocycles.